The molecule has 0 atom stereocenters. The van der Waals surface area contributed by atoms with Crippen molar-refractivity contribution in [2.24, 2.45) is 0 Å². The summed E-state index contributed by atoms with van der Waals surface area (Å²) < 4.78 is 9.12. The number of benzene rings is 8. The Labute approximate surface area is 327 Å². The minimum Gasteiger partial charge on any atom is -0.456 e. The van der Waals surface area contributed by atoms with Crippen LogP contribution in [-0.4, -0.2) is 15.0 Å². The van der Waals surface area contributed by atoms with Crippen molar-refractivity contribution in [2.75, 3.05) is 0 Å². The molecule has 11 aromatic rings. The van der Waals surface area contributed by atoms with Crippen LogP contribution in [0.5, 0.6) is 0 Å². The third-order valence-corrected chi connectivity index (χ3v) is 11.8. The average molecular weight is 734 g/mol. The quantitative estimate of drug-likeness (QED) is 0.171. The van der Waals surface area contributed by atoms with Gasteiger partial charge in [-0.15, -0.1) is 11.3 Å². The number of fused-ring (bicyclic) bond motifs is 6. The standard InChI is InChI=1S/C51H31N3OS/c1-4-13-32(14-5-1)34-23-25-36(26-24-34)50-52-49(35-17-8-3-9-18-35)53-51(54-50)38-29-43(47-42-19-10-11-22-44(42)55-45(47)30-38)41-21-12-20-40-39-28-27-37(31-46(39)56-48(40)41)33-15-6-2-7-16-33/h1-31H. The predicted molar refractivity (Wildman–Crippen MR) is 233 cm³/mol. The number of nitrogens with zero attached hydrogens (tertiary/aromatic N) is 3. The predicted octanol–water partition coefficient (Wildman–Crippen LogP) is 14.1. The lowest BCUT2D eigenvalue weighted by Crippen LogP contribution is -2.00. The summed E-state index contributed by atoms with van der Waals surface area (Å²) in [5, 5.41) is 4.65. The first kappa shape index (κ1) is 32.2. The zero-order valence-electron chi connectivity index (χ0n) is 30.1. The first-order chi connectivity index (χ1) is 27.7. The lowest BCUT2D eigenvalue weighted by molar-refractivity contribution is 0.669. The highest BCUT2D eigenvalue weighted by molar-refractivity contribution is 7.26. The van der Waals surface area contributed by atoms with Gasteiger partial charge in [-0.1, -0.05) is 164 Å². The normalized spacial score (nSPS) is 11.6. The number of aromatic nitrogens is 3. The molecule has 11 rings (SSSR count). The summed E-state index contributed by atoms with van der Waals surface area (Å²) >= 11 is 1.84. The Morgan fingerprint density at radius 1 is 0.339 bits per heavy atom. The van der Waals surface area contributed by atoms with E-state index in [1.807, 2.05) is 59.9 Å². The summed E-state index contributed by atoms with van der Waals surface area (Å²) in [6.07, 6.45) is 0. The van der Waals surface area contributed by atoms with Crippen molar-refractivity contribution in [3.8, 4) is 67.5 Å². The van der Waals surface area contributed by atoms with Crippen LogP contribution in [0.3, 0.4) is 0 Å². The highest BCUT2D eigenvalue weighted by Gasteiger charge is 2.21. The van der Waals surface area contributed by atoms with E-state index >= 15 is 0 Å². The van der Waals surface area contributed by atoms with E-state index in [1.165, 1.54) is 31.3 Å². The summed E-state index contributed by atoms with van der Waals surface area (Å²) in [5.41, 5.74) is 11.3. The fraction of sp³-hybridized carbons (Fsp3) is 0. The van der Waals surface area contributed by atoms with E-state index in [4.69, 9.17) is 19.4 Å². The lowest BCUT2D eigenvalue weighted by Gasteiger charge is -2.11. The second-order valence-electron chi connectivity index (χ2n) is 14.0. The molecule has 262 valence electrons. The van der Waals surface area contributed by atoms with E-state index in [9.17, 15) is 0 Å². The molecule has 0 N–H and O–H groups in total. The van der Waals surface area contributed by atoms with Gasteiger partial charge in [0, 0.05) is 53.2 Å². The van der Waals surface area contributed by atoms with Gasteiger partial charge in [0.1, 0.15) is 11.2 Å². The molecule has 0 saturated carbocycles. The molecule has 3 aromatic heterocycles. The number of rotatable bonds is 6. The second-order valence-corrected chi connectivity index (χ2v) is 15.0. The summed E-state index contributed by atoms with van der Waals surface area (Å²) in [6, 6.07) is 65.6. The molecule has 0 aliphatic rings. The maximum atomic E-state index is 6.63. The van der Waals surface area contributed by atoms with Gasteiger partial charge in [-0.2, -0.15) is 0 Å². The maximum absolute atomic E-state index is 6.63. The maximum Gasteiger partial charge on any atom is 0.164 e. The van der Waals surface area contributed by atoms with Gasteiger partial charge in [0.25, 0.3) is 0 Å². The van der Waals surface area contributed by atoms with Crippen molar-refractivity contribution in [1.29, 1.82) is 0 Å². The van der Waals surface area contributed by atoms with Gasteiger partial charge in [-0.3, -0.25) is 0 Å². The average Bonchev–Trinajstić information content (AvgIpc) is 3.85. The summed E-state index contributed by atoms with van der Waals surface area (Å²) in [5.74, 6) is 1.81. The molecular formula is C51H31N3OS. The molecule has 4 nitrogen and oxygen atoms in total. The van der Waals surface area contributed by atoms with Crippen LogP contribution in [0.15, 0.2) is 192 Å². The molecule has 0 aliphatic heterocycles. The van der Waals surface area contributed by atoms with Crippen molar-refractivity contribution in [1.82, 2.24) is 15.0 Å². The zero-order valence-corrected chi connectivity index (χ0v) is 30.9. The summed E-state index contributed by atoms with van der Waals surface area (Å²) in [7, 11) is 0. The molecule has 0 unspecified atom stereocenters. The van der Waals surface area contributed by atoms with Gasteiger partial charge in [0.05, 0.1) is 0 Å². The highest BCUT2D eigenvalue weighted by atomic mass is 32.1. The zero-order chi connectivity index (χ0) is 37.0. The minimum absolute atomic E-state index is 0.584. The van der Waals surface area contributed by atoms with Gasteiger partial charge >= 0.3 is 0 Å². The molecule has 8 aromatic carbocycles. The minimum atomic E-state index is 0.584. The molecule has 3 heterocycles. The molecule has 56 heavy (non-hydrogen) atoms. The second kappa shape index (κ2) is 13.3. The van der Waals surface area contributed by atoms with Gasteiger partial charge in [-0.25, -0.2) is 15.0 Å². The van der Waals surface area contributed by atoms with E-state index in [-0.39, 0.29) is 0 Å². The fourth-order valence-corrected chi connectivity index (χ4v) is 9.08. The Kier molecular flexibility index (Phi) is 7.64. The van der Waals surface area contributed by atoms with E-state index < -0.39 is 0 Å². The lowest BCUT2D eigenvalue weighted by atomic mass is 9.95. The summed E-state index contributed by atoms with van der Waals surface area (Å²) in [6.45, 7) is 0. The smallest absolute Gasteiger partial charge is 0.164 e. The van der Waals surface area contributed by atoms with Gasteiger partial charge in [0.2, 0.25) is 0 Å². The van der Waals surface area contributed by atoms with Crippen molar-refractivity contribution >= 4 is 53.4 Å². The molecule has 0 bridgehead atoms. The van der Waals surface area contributed by atoms with Crippen LogP contribution in [0.4, 0.5) is 0 Å². The molecule has 5 heteroatoms. The Morgan fingerprint density at radius 3 is 1.59 bits per heavy atom. The van der Waals surface area contributed by atoms with E-state index in [1.54, 1.807) is 0 Å². The Hall–Kier alpha value is -7.21. The van der Waals surface area contributed by atoms with Crippen molar-refractivity contribution in [3.05, 3.63) is 188 Å². The van der Waals surface area contributed by atoms with Gasteiger partial charge in [0.15, 0.2) is 17.5 Å². The van der Waals surface area contributed by atoms with Crippen LogP contribution >= 0.6 is 11.3 Å². The topological polar surface area (TPSA) is 51.8 Å². The van der Waals surface area contributed by atoms with Crippen LogP contribution in [0, 0.1) is 0 Å². The van der Waals surface area contributed by atoms with E-state index in [0.29, 0.717) is 17.5 Å². The van der Waals surface area contributed by atoms with Crippen LogP contribution in [-0.2, 0) is 0 Å². The molecule has 0 fully saturated rings. The highest BCUT2D eigenvalue weighted by Crippen LogP contribution is 2.46. The fourth-order valence-electron chi connectivity index (χ4n) is 7.81. The van der Waals surface area contributed by atoms with Crippen LogP contribution in [0.25, 0.3) is 110 Å². The molecule has 0 aliphatic carbocycles. The van der Waals surface area contributed by atoms with Crippen LogP contribution in [0.1, 0.15) is 0 Å². The van der Waals surface area contributed by atoms with Crippen LogP contribution in [0.2, 0.25) is 0 Å². The number of thiophene rings is 1. The number of para-hydroxylation sites is 1. The van der Waals surface area contributed by atoms with E-state index in [0.717, 1.165) is 60.9 Å². The number of hydrogen-bond donors (Lipinski definition) is 0. The monoisotopic (exact) mass is 733 g/mol. The van der Waals surface area contributed by atoms with Gasteiger partial charge < -0.3 is 4.42 Å². The molecule has 0 radical (unpaired) electrons. The van der Waals surface area contributed by atoms with Crippen molar-refractivity contribution in [3.63, 3.8) is 0 Å². The number of furan rings is 1. The third kappa shape index (κ3) is 5.56. The summed E-state index contributed by atoms with van der Waals surface area (Å²) in [4.78, 5) is 15.3. The van der Waals surface area contributed by atoms with Crippen molar-refractivity contribution < 1.29 is 4.42 Å². The first-order valence-corrected chi connectivity index (χ1v) is 19.5. The Bertz CT molecular complexity index is 3230. The van der Waals surface area contributed by atoms with E-state index in [2.05, 4.69) is 140 Å². The molecule has 0 spiro atoms. The third-order valence-electron chi connectivity index (χ3n) is 10.6. The SMILES string of the molecule is c1ccc(-c2ccc(-c3nc(-c4ccccc4)nc(-c4cc(-c5cccc6c5sc5cc(-c7ccccc7)ccc56)c5c(c4)oc4ccccc45)n3)cc2)cc1. The van der Waals surface area contributed by atoms with Gasteiger partial charge in [-0.05, 0) is 52.1 Å². The molecule has 0 saturated heterocycles. The van der Waals surface area contributed by atoms with Crippen molar-refractivity contribution in [2.45, 2.75) is 0 Å². The molecule has 0 amide bonds. The number of hydrogen-bond acceptors (Lipinski definition) is 5. The Balaban J connectivity index is 1.12. The largest absolute Gasteiger partial charge is 0.456 e. The van der Waals surface area contributed by atoms with Crippen LogP contribution < -0.4 is 0 Å². The molecular weight excluding hydrogens is 703 g/mol. The first-order valence-electron chi connectivity index (χ1n) is 18.7. The Morgan fingerprint density at radius 2 is 0.875 bits per heavy atom.